The summed E-state index contributed by atoms with van der Waals surface area (Å²) in [6.45, 7) is 1.80. The van der Waals surface area contributed by atoms with E-state index in [9.17, 15) is 8.42 Å². The number of hydrogen-bond donors (Lipinski definition) is 0. The first kappa shape index (κ1) is 14.2. The third kappa shape index (κ3) is 3.86. The second kappa shape index (κ2) is 5.81. The van der Waals surface area contributed by atoms with Crippen LogP contribution in [0.3, 0.4) is 0 Å². The van der Waals surface area contributed by atoms with Crippen LogP contribution >= 0.6 is 15.9 Å². The van der Waals surface area contributed by atoms with E-state index in [0.29, 0.717) is 10.3 Å². The summed E-state index contributed by atoms with van der Waals surface area (Å²) in [5.74, 6) is 0. The van der Waals surface area contributed by atoms with Crippen LogP contribution in [0.4, 0.5) is 0 Å². The standard InChI is InChI=1S/C13H12BrNO3S/c1-10-5-7-12(8-6-10)19(16,17)18-9-11-3-2-4-13(14)15-11/h2-8H,9H2,1H3. The van der Waals surface area contributed by atoms with Crippen molar-refractivity contribution in [2.45, 2.75) is 18.4 Å². The molecule has 0 spiro atoms. The summed E-state index contributed by atoms with van der Waals surface area (Å²) in [5.41, 5.74) is 1.54. The molecule has 2 aromatic rings. The Kier molecular flexibility index (Phi) is 4.34. The summed E-state index contributed by atoms with van der Waals surface area (Å²) in [5, 5.41) is 0. The molecule has 0 saturated heterocycles. The predicted octanol–water partition coefficient (Wildman–Crippen LogP) is 3.06. The summed E-state index contributed by atoms with van der Waals surface area (Å²) in [6.07, 6.45) is 0. The Morgan fingerprint density at radius 2 is 1.84 bits per heavy atom. The predicted molar refractivity (Wildman–Crippen MR) is 75.1 cm³/mol. The highest BCUT2D eigenvalue weighted by Gasteiger charge is 2.15. The Morgan fingerprint density at radius 1 is 1.16 bits per heavy atom. The number of benzene rings is 1. The van der Waals surface area contributed by atoms with Crippen LogP contribution in [0, 0.1) is 6.92 Å². The van der Waals surface area contributed by atoms with Gasteiger partial charge in [0.25, 0.3) is 10.1 Å². The quantitative estimate of drug-likeness (QED) is 0.633. The van der Waals surface area contributed by atoms with Crippen molar-refractivity contribution in [1.29, 1.82) is 0 Å². The lowest BCUT2D eigenvalue weighted by Crippen LogP contribution is -2.07. The highest BCUT2D eigenvalue weighted by molar-refractivity contribution is 9.10. The molecule has 0 radical (unpaired) electrons. The van der Waals surface area contributed by atoms with E-state index in [-0.39, 0.29) is 11.5 Å². The average Bonchev–Trinajstić information content (AvgIpc) is 2.37. The lowest BCUT2D eigenvalue weighted by atomic mass is 10.2. The van der Waals surface area contributed by atoms with Gasteiger partial charge in [0.15, 0.2) is 0 Å². The molecule has 19 heavy (non-hydrogen) atoms. The first-order chi connectivity index (χ1) is 8.97. The summed E-state index contributed by atoms with van der Waals surface area (Å²) in [4.78, 5) is 4.26. The number of halogens is 1. The number of nitrogens with zero attached hydrogens (tertiary/aromatic N) is 1. The molecule has 0 atom stereocenters. The monoisotopic (exact) mass is 341 g/mol. The van der Waals surface area contributed by atoms with E-state index in [0.717, 1.165) is 5.56 Å². The molecular formula is C13H12BrNO3S. The van der Waals surface area contributed by atoms with E-state index >= 15 is 0 Å². The van der Waals surface area contributed by atoms with Gasteiger partial charge in [-0.3, -0.25) is 4.18 Å². The molecule has 6 heteroatoms. The number of hydrogen-bond acceptors (Lipinski definition) is 4. The van der Waals surface area contributed by atoms with Gasteiger partial charge in [-0.15, -0.1) is 0 Å². The molecule has 0 aliphatic carbocycles. The van der Waals surface area contributed by atoms with Crippen molar-refractivity contribution in [2.75, 3.05) is 0 Å². The smallest absolute Gasteiger partial charge is 0.260 e. The molecule has 1 heterocycles. The van der Waals surface area contributed by atoms with Crippen LogP contribution in [-0.2, 0) is 20.9 Å². The fraction of sp³-hybridized carbons (Fsp3) is 0.154. The third-order valence-corrected chi connectivity index (χ3v) is 4.16. The fourth-order valence-corrected chi connectivity index (χ4v) is 2.70. The maximum Gasteiger partial charge on any atom is 0.297 e. The van der Waals surface area contributed by atoms with Crippen LogP contribution in [0.1, 0.15) is 11.3 Å². The first-order valence-electron chi connectivity index (χ1n) is 5.55. The summed E-state index contributed by atoms with van der Waals surface area (Å²) in [6, 6.07) is 11.8. The number of aryl methyl sites for hydroxylation is 1. The van der Waals surface area contributed by atoms with Crippen LogP contribution in [0.25, 0.3) is 0 Å². The number of rotatable bonds is 4. The molecule has 2 rings (SSSR count). The molecule has 0 amide bonds. The van der Waals surface area contributed by atoms with E-state index in [1.165, 1.54) is 12.1 Å². The van der Waals surface area contributed by atoms with Crippen molar-refractivity contribution >= 4 is 26.0 Å². The SMILES string of the molecule is Cc1ccc(S(=O)(=O)OCc2cccc(Br)n2)cc1. The van der Waals surface area contributed by atoms with Crippen LogP contribution in [0.15, 0.2) is 52.0 Å². The lowest BCUT2D eigenvalue weighted by Gasteiger charge is -2.06. The minimum Gasteiger partial charge on any atom is -0.260 e. The van der Waals surface area contributed by atoms with Crippen LogP contribution in [0.2, 0.25) is 0 Å². The van der Waals surface area contributed by atoms with Crippen LogP contribution in [0.5, 0.6) is 0 Å². The normalized spacial score (nSPS) is 11.5. The van der Waals surface area contributed by atoms with Gasteiger partial charge in [0.1, 0.15) is 11.2 Å². The van der Waals surface area contributed by atoms with Gasteiger partial charge in [0, 0.05) is 0 Å². The Labute approximate surface area is 120 Å². The van der Waals surface area contributed by atoms with Crippen LogP contribution < -0.4 is 0 Å². The average molecular weight is 342 g/mol. The molecule has 100 valence electrons. The molecule has 0 saturated carbocycles. The maximum atomic E-state index is 11.9. The second-order valence-corrected chi connectivity index (χ2v) is 6.41. The molecule has 0 aliphatic rings. The minimum absolute atomic E-state index is 0.0876. The number of aromatic nitrogens is 1. The largest absolute Gasteiger partial charge is 0.297 e. The molecule has 0 bridgehead atoms. The summed E-state index contributed by atoms with van der Waals surface area (Å²) in [7, 11) is -3.74. The highest BCUT2D eigenvalue weighted by Crippen LogP contribution is 2.15. The molecule has 1 aromatic heterocycles. The van der Waals surface area contributed by atoms with E-state index in [1.54, 1.807) is 30.3 Å². The molecule has 0 fully saturated rings. The Hall–Kier alpha value is -1.24. The van der Waals surface area contributed by atoms with Gasteiger partial charge in [-0.25, -0.2) is 4.98 Å². The Morgan fingerprint density at radius 3 is 2.47 bits per heavy atom. The summed E-state index contributed by atoms with van der Waals surface area (Å²) >= 11 is 3.22. The number of pyridine rings is 1. The van der Waals surface area contributed by atoms with Gasteiger partial charge in [-0.2, -0.15) is 8.42 Å². The van der Waals surface area contributed by atoms with Crippen molar-refractivity contribution in [3.8, 4) is 0 Å². The van der Waals surface area contributed by atoms with E-state index in [4.69, 9.17) is 4.18 Å². The van der Waals surface area contributed by atoms with Gasteiger partial charge in [-0.1, -0.05) is 23.8 Å². The molecular weight excluding hydrogens is 330 g/mol. The van der Waals surface area contributed by atoms with E-state index in [1.807, 2.05) is 6.92 Å². The molecule has 1 aromatic carbocycles. The van der Waals surface area contributed by atoms with Crippen LogP contribution in [-0.4, -0.2) is 13.4 Å². The fourth-order valence-electron chi connectivity index (χ4n) is 1.44. The van der Waals surface area contributed by atoms with Crippen molar-refractivity contribution in [3.63, 3.8) is 0 Å². The van der Waals surface area contributed by atoms with Crippen molar-refractivity contribution in [1.82, 2.24) is 4.98 Å². The van der Waals surface area contributed by atoms with Gasteiger partial charge < -0.3 is 0 Å². The lowest BCUT2D eigenvalue weighted by molar-refractivity contribution is 0.303. The Bertz CT molecular complexity index is 669. The molecule has 0 unspecified atom stereocenters. The molecule has 0 aliphatic heterocycles. The van der Waals surface area contributed by atoms with Crippen molar-refractivity contribution in [3.05, 3.63) is 58.3 Å². The molecule has 4 nitrogen and oxygen atoms in total. The summed E-state index contributed by atoms with van der Waals surface area (Å²) < 4.78 is 29.5. The zero-order valence-corrected chi connectivity index (χ0v) is 12.6. The zero-order valence-electron chi connectivity index (χ0n) is 10.2. The van der Waals surface area contributed by atoms with E-state index in [2.05, 4.69) is 20.9 Å². The first-order valence-corrected chi connectivity index (χ1v) is 7.75. The minimum atomic E-state index is -3.74. The second-order valence-electron chi connectivity index (χ2n) is 3.98. The van der Waals surface area contributed by atoms with Gasteiger partial charge in [0.2, 0.25) is 0 Å². The topological polar surface area (TPSA) is 56.3 Å². The van der Waals surface area contributed by atoms with E-state index < -0.39 is 10.1 Å². The van der Waals surface area contributed by atoms with Crippen molar-refractivity contribution < 1.29 is 12.6 Å². The highest BCUT2D eigenvalue weighted by atomic mass is 79.9. The van der Waals surface area contributed by atoms with Gasteiger partial charge in [-0.05, 0) is 47.1 Å². The maximum absolute atomic E-state index is 11.9. The third-order valence-electron chi connectivity index (χ3n) is 2.44. The van der Waals surface area contributed by atoms with Crippen molar-refractivity contribution in [2.24, 2.45) is 0 Å². The van der Waals surface area contributed by atoms with Gasteiger partial charge in [0.05, 0.1) is 10.6 Å². The Balaban J connectivity index is 2.12. The zero-order chi connectivity index (χ0) is 13.9. The van der Waals surface area contributed by atoms with Gasteiger partial charge >= 0.3 is 0 Å². The molecule has 0 N–H and O–H groups in total.